The molecule has 0 amide bonds. The van der Waals surface area contributed by atoms with Gasteiger partial charge in [-0.1, -0.05) is 50.9 Å². The number of ether oxygens (including phenoxy) is 1. The number of aryl methyl sites for hydroxylation is 1. The third-order valence-corrected chi connectivity index (χ3v) is 6.04. The molecule has 0 fully saturated rings. The summed E-state index contributed by atoms with van der Waals surface area (Å²) >= 11 is 6.77. The number of rotatable bonds is 7. The van der Waals surface area contributed by atoms with Crippen LogP contribution in [-0.2, 0) is 13.0 Å². The molecular weight excluding hydrogens is 568 g/mol. The summed E-state index contributed by atoms with van der Waals surface area (Å²) in [7, 11) is 0. The zero-order valence-corrected chi connectivity index (χ0v) is 21.1. The Balaban J connectivity index is 1.74. The number of non-ortho nitro benzene ring substituents is 1. The summed E-state index contributed by atoms with van der Waals surface area (Å²) in [6, 6.07) is 17.2. The van der Waals surface area contributed by atoms with Crippen LogP contribution in [0.5, 0.6) is 5.75 Å². The van der Waals surface area contributed by atoms with Crippen molar-refractivity contribution in [1.29, 1.82) is 0 Å². The van der Waals surface area contributed by atoms with Crippen molar-refractivity contribution >= 4 is 54.7 Å². The first-order valence-electron chi connectivity index (χ1n) is 10.3. The van der Waals surface area contributed by atoms with E-state index in [0.29, 0.717) is 34.5 Å². The van der Waals surface area contributed by atoms with Crippen LogP contribution in [-0.4, -0.2) is 20.8 Å². The van der Waals surface area contributed by atoms with Gasteiger partial charge in [-0.05, 0) is 42.0 Å². The van der Waals surface area contributed by atoms with Crippen LogP contribution in [0.1, 0.15) is 23.9 Å². The molecule has 0 N–H and O–H groups in total. The number of benzene rings is 3. The van der Waals surface area contributed by atoms with E-state index in [0.717, 1.165) is 14.5 Å². The van der Waals surface area contributed by atoms with Gasteiger partial charge < -0.3 is 4.74 Å². The minimum absolute atomic E-state index is 0.110. The predicted octanol–water partition coefficient (Wildman–Crippen LogP) is 5.85. The molecule has 3 aromatic carbocycles. The van der Waals surface area contributed by atoms with Crippen LogP contribution in [0.3, 0.4) is 0 Å². The molecule has 0 saturated heterocycles. The van der Waals surface area contributed by atoms with Gasteiger partial charge in [-0.15, -0.1) is 0 Å². The third-order valence-electron chi connectivity index (χ3n) is 5.02. The van der Waals surface area contributed by atoms with Gasteiger partial charge in [-0.25, -0.2) is 4.98 Å². The lowest BCUT2D eigenvalue weighted by Gasteiger charge is -2.10. The van der Waals surface area contributed by atoms with E-state index in [2.05, 4.69) is 41.9 Å². The zero-order chi connectivity index (χ0) is 24.2. The van der Waals surface area contributed by atoms with Gasteiger partial charge in [0.15, 0.2) is 0 Å². The van der Waals surface area contributed by atoms with Crippen LogP contribution >= 0.6 is 31.9 Å². The lowest BCUT2D eigenvalue weighted by atomic mass is 10.2. The van der Waals surface area contributed by atoms with Gasteiger partial charge in [-0.2, -0.15) is 9.78 Å². The Morgan fingerprint density at radius 3 is 2.53 bits per heavy atom. The Hall–Kier alpha value is -3.37. The second-order valence-corrected chi connectivity index (χ2v) is 9.13. The number of halogens is 2. The van der Waals surface area contributed by atoms with Crippen LogP contribution < -0.4 is 10.3 Å². The lowest BCUT2D eigenvalue weighted by molar-refractivity contribution is -0.384. The first-order valence-corrected chi connectivity index (χ1v) is 11.9. The van der Waals surface area contributed by atoms with Crippen molar-refractivity contribution in [1.82, 2.24) is 9.66 Å². The number of hydrogen-bond donors (Lipinski definition) is 0. The molecule has 4 rings (SSSR count). The maximum Gasteiger partial charge on any atom is 0.282 e. The number of fused-ring (bicyclic) bond motifs is 1. The van der Waals surface area contributed by atoms with E-state index in [1.807, 2.05) is 37.3 Å². The molecule has 4 aromatic rings. The molecule has 0 aliphatic carbocycles. The Bertz CT molecular complexity index is 1470. The molecule has 0 bridgehead atoms. The molecule has 0 saturated carbocycles. The first-order chi connectivity index (χ1) is 16.4. The summed E-state index contributed by atoms with van der Waals surface area (Å²) in [5.41, 5.74) is 1.43. The molecule has 0 aliphatic rings. The van der Waals surface area contributed by atoms with Gasteiger partial charge in [0.1, 0.15) is 18.2 Å². The molecule has 0 radical (unpaired) electrons. The van der Waals surface area contributed by atoms with Crippen molar-refractivity contribution in [3.63, 3.8) is 0 Å². The highest BCUT2D eigenvalue weighted by molar-refractivity contribution is 9.10. The smallest absolute Gasteiger partial charge is 0.282 e. The maximum atomic E-state index is 13.1. The van der Waals surface area contributed by atoms with Crippen LogP contribution in [0.2, 0.25) is 0 Å². The zero-order valence-electron chi connectivity index (χ0n) is 17.9. The van der Waals surface area contributed by atoms with Gasteiger partial charge in [0.25, 0.3) is 11.2 Å². The standard InChI is InChI=1S/C24H18Br2N4O4/c1-2-23-28-21-9-7-18(26)12-20(21)24(31)29(23)27-13-16-11-19(30(32)33)8-10-22(16)34-14-15-3-5-17(25)6-4-15/h3-13H,2,14H2,1H3. The fourth-order valence-corrected chi connectivity index (χ4v) is 3.91. The molecule has 0 unspecified atom stereocenters. The largest absolute Gasteiger partial charge is 0.488 e. The van der Waals surface area contributed by atoms with E-state index in [1.54, 1.807) is 12.1 Å². The molecule has 1 heterocycles. The summed E-state index contributed by atoms with van der Waals surface area (Å²) < 4.78 is 8.84. The third kappa shape index (κ3) is 5.23. The SMILES string of the molecule is CCc1nc2ccc(Br)cc2c(=O)n1N=Cc1cc([N+](=O)[O-])ccc1OCc1ccc(Br)cc1. The molecule has 0 spiro atoms. The minimum atomic E-state index is -0.491. The second kappa shape index (κ2) is 10.3. The van der Waals surface area contributed by atoms with Gasteiger partial charge >= 0.3 is 0 Å². The quantitative estimate of drug-likeness (QED) is 0.154. The molecule has 0 atom stereocenters. The van der Waals surface area contributed by atoms with Crippen molar-refractivity contribution in [2.75, 3.05) is 0 Å². The molecule has 1 aromatic heterocycles. The summed E-state index contributed by atoms with van der Waals surface area (Å²) in [4.78, 5) is 28.5. The summed E-state index contributed by atoms with van der Waals surface area (Å²) in [5, 5.41) is 16.1. The highest BCUT2D eigenvalue weighted by atomic mass is 79.9. The Kier molecular flexibility index (Phi) is 7.18. The van der Waals surface area contributed by atoms with E-state index in [1.165, 1.54) is 29.1 Å². The highest BCUT2D eigenvalue weighted by Gasteiger charge is 2.13. The summed E-state index contributed by atoms with van der Waals surface area (Å²) in [6.07, 6.45) is 1.86. The second-order valence-electron chi connectivity index (χ2n) is 7.30. The molecule has 0 aliphatic heterocycles. The van der Waals surface area contributed by atoms with E-state index in [4.69, 9.17) is 4.74 Å². The van der Waals surface area contributed by atoms with Gasteiger partial charge in [0.2, 0.25) is 0 Å². The number of nitrogens with zero attached hydrogens (tertiary/aromatic N) is 4. The fourth-order valence-electron chi connectivity index (χ4n) is 3.29. The Morgan fingerprint density at radius 2 is 1.82 bits per heavy atom. The maximum absolute atomic E-state index is 13.1. The predicted molar refractivity (Wildman–Crippen MR) is 138 cm³/mol. The monoisotopic (exact) mass is 584 g/mol. The molecule has 34 heavy (non-hydrogen) atoms. The van der Waals surface area contributed by atoms with Crippen LogP contribution in [0.15, 0.2) is 79.5 Å². The molecule has 172 valence electrons. The Labute approximate surface area is 211 Å². The number of nitro benzene ring substituents is 1. The van der Waals surface area contributed by atoms with Crippen LogP contribution in [0, 0.1) is 10.1 Å². The fraction of sp³-hybridized carbons (Fsp3) is 0.125. The van der Waals surface area contributed by atoms with E-state index < -0.39 is 4.92 Å². The van der Waals surface area contributed by atoms with Crippen molar-refractivity contribution in [2.45, 2.75) is 20.0 Å². The van der Waals surface area contributed by atoms with Crippen molar-refractivity contribution < 1.29 is 9.66 Å². The number of nitro groups is 1. The Morgan fingerprint density at radius 1 is 1.09 bits per heavy atom. The van der Waals surface area contributed by atoms with E-state index in [9.17, 15) is 14.9 Å². The van der Waals surface area contributed by atoms with Crippen molar-refractivity contribution in [3.05, 3.63) is 107 Å². The van der Waals surface area contributed by atoms with E-state index >= 15 is 0 Å². The minimum Gasteiger partial charge on any atom is -0.488 e. The van der Waals surface area contributed by atoms with E-state index in [-0.39, 0.29) is 17.9 Å². The summed E-state index contributed by atoms with van der Waals surface area (Å²) in [5.74, 6) is 0.874. The normalized spacial score (nSPS) is 11.3. The van der Waals surface area contributed by atoms with Crippen molar-refractivity contribution in [3.8, 4) is 5.75 Å². The van der Waals surface area contributed by atoms with Crippen LogP contribution in [0.25, 0.3) is 10.9 Å². The van der Waals surface area contributed by atoms with Gasteiger partial charge in [0.05, 0.1) is 22.0 Å². The molecule has 10 heteroatoms. The number of hydrogen-bond acceptors (Lipinski definition) is 6. The lowest BCUT2D eigenvalue weighted by Crippen LogP contribution is -2.22. The average molecular weight is 586 g/mol. The summed E-state index contributed by atoms with van der Waals surface area (Å²) in [6.45, 7) is 2.14. The van der Waals surface area contributed by atoms with Crippen molar-refractivity contribution in [2.24, 2.45) is 5.10 Å². The molecular formula is C24H18Br2N4O4. The topological polar surface area (TPSA) is 99.6 Å². The average Bonchev–Trinajstić information content (AvgIpc) is 2.83. The highest BCUT2D eigenvalue weighted by Crippen LogP contribution is 2.24. The molecule has 8 nitrogen and oxygen atoms in total. The van der Waals surface area contributed by atoms with Crippen LogP contribution in [0.4, 0.5) is 5.69 Å². The van der Waals surface area contributed by atoms with Gasteiger partial charge in [0, 0.05) is 33.1 Å². The number of aromatic nitrogens is 2. The van der Waals surface area contributed by atoms with Gasteiger partial charge in [-0.3, -0.25) is 14.9 Å². The first kappa shape index (κ1) is 23.8.